The first-order chi connectivity index (χ1) is 7.57. The van der Waals surface area contributed by atoms with Crippen LogP contribution in [0.5, 0.6) is 0 Å². The van der Waals surface area contributed by atoms with E-state index >= 15 is 0 Å². The van der Waals surface area contributed by atoms with Gasteiger partial charge in [0.25, 0.3) is 12.2 Å². The molecule has 1 atom stereocenters. The van der Waals surface area contributed by atoms with Crippen LogP contribution in [0.4, 0.5) is 5.69 Å². The summed E-state index contributed by atoms with van der Waals surface area (Å²) < 4.78 is 4.30. The standard InChI is InChI=1S/C9H7NO6/c11-5-16-8(9(12)13)6-3-1-2-4-7(6)10(14)15/h1-5,8H,(H,12,13). The zero-order chi connectivity index (χ0) is 12.1. The van der Waals surface area contributed by atoms with E-state index < -0.39 is 22.7 Å². The smallest absolute Gasteiger partial charge is 0.350 e. The number of nitro groups is 1. The molecule has 0 heterocycles. The Morgan fingerprint density at radius 2 is 2.12 bits per heavy atom. The molecule has 0 saturated carbocycles. The number of carboxylic acid groups (broad SMARTS) is 1. The summed E-state index contributed by atoms with van der Waals surface area (Å²) in [4.78, 5) is 30.8. The highest BCUT2D eigenvalue weighted by Gasteiger charge is 2.28. The van der Waals surface area contributed by atoms with E-state index in [1.165, 1.54) is 18.2 Å². The van der Waals surface area contributed by atoms with Crippen LogP contribution >= 0.6 is 0 Å². The van der Waals surface area contributed by atoms with Crippen LogP contribution in [0.1, 0.15) is 11.7 Å². The molecule has 0 saturated heterocycles. The molecular weight excluding hydrogens is 218 g/mol. The molecule has 84 valence electrons. The van der Waals surface area contributed by atoms with E-state index in [0.717, 1.165) is 6.07 Å². The minimum absolute atomic E-state index is 0.0600. The van der Waals surface area contributed by atoms with Gasteiger partial charge in [-0.15, -0.1) is 0 Å². The molecule has 0 amide bonds. The molecule has 1 N–H and O–H groups in total. The fourth-order valence-corrected chi connectivity index (χ4v) is 1.20. The molecule has 0 aliphatic heterocycles. The average Bonchev–Trinajstić information content (AvgIpc) is 2.25. The number of carbonyl (C=O) groups is 2. The zero-order valence-corrected chi connectivity index (χ0v) is 7.90. The van der Waals surface area contributed by atoms with Gasteiger partial charge in [-0.1, -0.05) is 12.1 Å². The van der Waals surface area contributed by atoms with E-state index in [1.807, 2.05) is 0 Å². The van der Waals surface area contributed by atoms with E-state index in [-0.39, 0.29) is 12.0 Å². The Kier molecular flexibility index (Phi) is 3.54. The van der Waals surface area contributed by atoms with Crippen molar-refractivity contribution < 1.29 is 24.4 Å². The van der Waals surface area contributed by atoms with Gasteiger partial charge >= 0.3 is 5.97 Å². The van der Waals surface area contributed by atoms with Gasteiger partial charge in [-0.25, -0.2) is 4.79 Å². The lowest BCUT2D eigenvalue weighted by atomic mass is 10.1. The predicted octanol–water partition coefficient (Wildman–Crippen LogP) is 0.893. The largest absolute Gasteiger partial charge is 0.478 e. The molecule has 1 rings (SSSR count). The van der Waals surface area contributed by atoms with E-state index in [9.17, 15) is 19.7 Å². The number of hydrogen-bond acceptors (Lipinski definition) is 5. The first-order valence-corrected chi connectivity index (χ1v) is 4.13. The summed E-state index contributed by atoms with van der Waals surface area (Å²) in [6, 6.07) is 5.17. The minimum Gasteiger partial charge on any atom is -0.478 e. The molecule has 0 spiro atoms. The van der Waals surface area contributed by atoms with Gasteiger partial charge in [0.2, 0.25) is 6.10 Å². The molecule has 0 aromatic heterocycles. The molecule has 7 heteroatoms. The Bertz CT molecular complexity index is 430. The summed E-state index contributed by atoms with van der Waals surface area (Å²) in [5.74, 6) is -1.47. The molecule has 16 heavy (non-hydrogen) atoms. The summed E-state index contributed by atoms with van der Waals surface area (Å²) in [6.45, 7) is -0.0600. The molecule has 0 radical (unpaired) electrons. The second-order valence-corrected chi connectivity index (χ2v) is 2.77. The van der Waals surface area contributed by atoms with E-state index in [0.29, 0.717) is 0 Å². The number of hydrogen-bond donors (Lipinski definition) is 1. The van der Waals surface area contributed by atoms with Crippen LogP contribution in [0.3, 0.4) is 0 Å². The first-order valence-electron chi connectivity index (χ1n) is 4.13. The molecule has 1 unspecified atom stereocenters. The summed E-state index contributed by atoms with van der Waals surface area (Å²) in [5, 5.41) is 19.4. The lowest BCUT2D eigenvalue weighted by Crippen LogP contribution is -2.16. The van der Waals surface area contributed by atoms with Gasteiger partial charge in [0.05, 0.1) is 10.5 Å². The van der Waals surface area contributed by atoms with Crippen molar-refractivity contribution in [3.8, 4) is 0 Å². The van der Waals surface area contributed by atoms with Gasteiger partial charge in [0.15, 0.2) is 0 Å². The van der Waals surface area contributed by atoms with Crippen molar-refractivity contribution in [3.63, 3.8) is 0 Å². The maximum absolute atomic E-state index is 10.8. The number of nitrogens with zero attached hydrogens (tertiary/aromatic N) is 1. The lowest BCUT2D eigenvalue weighted by molar-refractivity contribution is -0.386. The maximum Gasteiger partial charge on any atom is 0.350 e. The average molecular weight is 225 g/mol. The third-order valence-corrected chi connectivity index (χ3v) is 1.83. The lowest BCUT2D eigenvalue weighted by Gasteiger charge is -2.10. The van der Waals surface area contributed by atoms with E-state index in [4.69, 9.17) is 5.11 Å². The highest BCUT2D eigenvalue weighted by atomic mass is 16.6. The van der Waals surface area contributed by atoms with Crippen LogP contribution < -0.4 is 0 Å². The maximum atomic E-state index is 10.8. The number of carboxylic acids is 1. The number of para-hydroxylation sites is 1. The van der Waals surface area contributed by atoms with Gasteiger partial charge in [-0.3, -0.25) is 14.9 Å². The molecular formula is C9H7NO6. The van der Waals surface area contributed by atoms with Gasteiger partial charge in [-0.05, 0) is 6.07 Å². The third kappa shape index (κ3) is 2.32. The number of rotatable bonds is 5. The van der Waals surface area contributed by atoms with Crippen LogP contribution in [0.25, 0.3) is 0 Å². The first kappa shape index (κ1) is 11.6. The monoisotopic (exact) mass is 225 g/mol. The summed E-state index contributed by atoms with van der Waals surface area (Å²) >= 11 is 0. The fraction of sp³-hybridized carbons (Fsp3) is 0.111. The molecule has 0 bridgehead atoms. The van der Waals surface area contributed by atoms with Crippen LogP contribution in [0, 0.1) is 10.1 Å². The molecule has 0 aliphatic carbocycles. The Morgan fingerprint density at radius 1 is 1.50 bits per heavy atom. The topological polar surface area (TPSA) is 107 Å². The third-order valence-electron chi connectivity index (χ3n) is 1.83. The highest BCUT2D eigenvalue weighted by Crippen LogP contribution is 2.26. The minimum atomic E-state index is -1.67. The number of benzene rings is 1. The molecule has 1 aromatic carbocycles. The van der Waals surface area contributed by atoms with Gasteiger partial charge in [0, 0.05) is 6.07 Å². The quantitative estimate of drug-likeness (QED) is 0.453. The van der Waals surface area contributed by atoms with Gasteiger partial charge < -0.3 is 9.84 Å². The van der Waals surface area contributed by atoms with E-state index in [2.05, 4.69) is 4.74 Å². The normalized spacial score (nSPS) is 11.5. The van der Waals surface area contributed by atoms with Crippen molar-refractivity contribution in [1.82, 2.24) is 0 Å². The van der Waals surface area contributed by atoms with Crippen molar-refractivity contribution in [3.05, 3.63) is 39.9 Å². The highest BCUT2D eigenvalue weighted by molar-refractivity contribution is 5.77. The Morgan fingerprint density at radius 3 is 2.62 bits per heavy atom. The van der Waals surface area contributed by atoms with Crippen molar-refractivity contribution in [1.29, 1.82) is 0 Å². The van der Waals surface area contributed by atoms with Crippen LogP contribution in [-0.4, -0.2) is 22.5 Å². The number of nitro benzene ring substituents is 1. The number of ether oxygens (including phenoxy) is 1. The number of aliphatic carboxylic acids is 1. The van der Waals surface area contributed by atoms with Crippen LogP contribution in [0.2, 0.25) is 0 Å². The van der Waals surface area contributed by atoms with Gasteiger partial charge in [-0.2, -0.15) is 0 Å². The van der Waals surface area contributed by atoms with Gasteiger partial charge in [0.1, 0.15) is 0 Å². The molecule has 7 nitrogen and oxygen atoms in total. The van der Waals surface area contributed by atoms with Crippen LogP contribution in [0.15, 0.2) is 24.3 Å². The van der Waals surface area contributed by atoms with Crippen molar-refractivity contribution in [2.24, 2.45) is 0 Å². The van der Waals surface area contributed by atoms with Crippen molar-refractivity contribution in [2.45, 2.75) is 6.10 Å². The predicted molar refractivity (Wildman–Crippen MR) is 50.6 cm³/mol. The van der Waals surface area contributed by atoms with Crippen molar-refractivity contribution >= 4 is 18.1 Å². The molecule has 0 aliphatic rings. The Balaban J connectivity index is 3.22. The SMILES string of the molecule is O=COC(C(=O)O)c1ccccc1[N+](=O)[O-]. The van der Waals surface area contributed by atoms with E-state index in [1.54, 1.807) is 0 Å². The zero-order valence-electron chi connectivity index (χ0n) is 7.90. The Labute approximate surface area is 89.4 Å². The second kappa shape index (κ2) is 4.87. The summed E-state index contributed by atoms with van der Waals surface area (Å²) in [6.07, 6.45) is -1.67. The second-order valence-electron chi connectivity index (χ2n) is 2.77. The Hall–Kier alpha value is -2.44. The molecule has 0 fully saturated rings. The van der Waals surface area contributed by atoms with Crippen molar-refractivity contribution in [2.75, 3.05) is 0 Å². The fourth-order valence-electron chi connectivity index (χ4n) is 1.20. The number of carbonyl (C=O) groups excluding carboxylic acids is 1. The van der Waals surface area contributed by atoms with Crippen LogP contribution in [-0.2, 0) is 14.3 Å². The summed E-state index contributed by atoms with van der Waals surface area (Å²) in [7, 11) is 0. The molecule has 1 aromatic rings. The summed E-state index contributed by atoms with van der Waals surface area (Å²) in [5.41, 5.74) is -0.580.